The van der Waals surface area contributed by atoms with E-state index in [0.717, 1.165) is 0 Å². The largest absolute Gasteiger partial charge is 0.379 e. The van der Waals surface area contributed by atoms with Gasteiger partial charge in [0.1, 0.15) is 6.10 Å². The molecule has 27 heavy (non-hydrogen) atoms. The molecule has 0 saturated carbocycles. The highest BCUT2D eigenvalue weighted by Gasteiger charge is 2.26. The molecule has 2 rings (SSSR count). The van der Waals surface area contributed by atoms with Gasteiger partial charge >= 0.3 is 0 Å². The maximum Gasteiger partial charge on any atom is 0.251 e. The monoisotopic (exact) mass is 397 g/mol. The van der Waals surface area contributed by atoms with Crippen LogP contribution in [0.25, 0.3) is 0 Å². The second kappa shape index (κ2) is 11.2. The molecule has 0 aliphatic carbocycles. The number of anilines is 1. The van der Waals surface area contributed by atoms with Crippen LogP contribution in [0.4, 0.5) is 5.69 Å². The van der Waals surface area contributed by atoms with E-state index in [4.69, 9.17) is 21.1 Å². The van der Waals surface area contributed by atoms with Crippen molar-refractivity contribution in [3.05, 3.63) is 29.3 Å². The summed E-state index contributed by atoms with van der Waals surface area (Å²) >= 11 is 6.06. The molecule has 0 aromatic heterocycles. The first kappa shape index (κ1) is 21.6. The summed E-state index contributed by atoms with van der Waals surface area (Å²) in [4.78, 5) is 28.4. The van der Waals surface area contributed by atoms with E-state index in [0.29, 0.717) is 56.7 Å². The Morgan fingerprint density at radius 1 is 1.19 bits per heavy atom. The summed E-state index contributed by atoms with van der Waals surface area (Å²) in [6.07, 6.45) is -0.486. The molecule has 1 aromatic carbocycles. The van der Waals surface area contributed by atoms with Crippen molar-refractivity contribution in [3.63, 3.8) is 0 Å². The van der Waals surface area contributed by atoms with Gasteiger partial charge in [0.05, 0.1) is 30.5 Å². The van der Waals surface area contributed by atoms with Crippen molar-refractivity contribution in [2.45, 2.75) is 20.0 Å². The molecule has 1 saturated heterocycles. The van der Waals surface area contributed by atoms with E-state index >= 15 is 0 Å². The van der Waals surface area contributed by atoms with Gasteiger partial charge in [0.25, 0.3) is 5.91 Å². The molecule has 1 aliphatic heterocycles. The van der Waals surface area contributed by atoms with Crippen molar-refractivity contribution in [1.29, 1.82) is 0 Å². The fourth-order valence-electron chi connectivity index (χ4n) is 2.84. The van der Waals surface area contributed by atoms with Gasteiger partial charge in [-0.15, -0.1) is 0 Å². The zero-order valence-electron chi connectivity index (χ0n) is 15.9. The fourth-order valence-corrected chi connectivity index (χ4v) is 3.02. The zero-order valence-corrected chi connectivity index (χ0v) is 16.7. The Labute approximate surface area is 165 Å². The average molecular weight is 398 g/mol. The number of nitrogens with one attached hydrogen (secondary N) is 1. The number of hydrogen-bond donors (Lipinski definition) is 1. The van der Waals surface area contributed by atoms with Crippen molar-refractivity contribution in [2.75, 3.05) is 57.9 Å². The van der Waals surface area contributed by atoms with Crippen molar-refractivity contribution in [2.24, 2.45) is 0 Å². The molecule has 1 fully saturated rings. The Hall–Kier alpha value is -1.67. The van der Waals surface area contributed by atoms with Gasteiger partial charge < -0.3 is 19.7 Å². The molecule has 1 aromatic rings. The summed E-state index contributed by atoms with van der Waals surface area (Å²) in [5, 5.41) is 3.33. The number of carbonyl (C=O) groups excluding carboxylic acids is 2. The Morgan fingerprint density at radius 2 is 1.89 bits per heavy atom. The third-order valence-electron chi connectivity index (χ3n) is 4.35. The number of amides is 2. The summed E-state index contributed by atoms with van der Waals surface area (Å²) in [7, 11) is 0. The summed E-state index contributed by atoms with van der Waals surface area (Å²) in [5.41, 5.74) is 0.607. The Kier molecular flexibility index (Phi) is 9.00. The van der Waals surface area contributed by atoms with Gasteiger partial charge in [0.15, 0.2) is 0 Å². The number of ether oxygens (including phenoxy) is 2. The predicted molar refractivity (Wildman–Crippen MR) is 105 cm³/mol. The molecule has 2 amide bonds. The second-order valence-electron chi connectivity index (χ2n) is 6.34. The minimum Gasteiger partial charge on any atom is -0.379 e. The van der Waals surface area contributed by atoms with E-state index in [1.54, 1.807) is 24.0 Å². The van der Waals surface area contributed by atoms with Crippen molar-refractivity contribution in [3.8, 4) is 0 Å². The first-order chi connectivity index (χ1) is 13.0. The molecule has 0 spiro atoms. The molecule has 150 valence electrons. The van der Waals surface area contributed by atoms with Crippen LogP contribution in [0.5, 0.6) is 0 Å². The lowest BCUT2D eigenvalue weighted by Gasteiger charge is -2.35. The Morgan fingerprint density at radius 3 is 2.56 bits per heavy atom. The van der Waals surface area contributed by atoms with E-state index in [1.807, 2.05) is 24.0 Å². The molecule has 7 nitrogen and oxygen atoms in total. The van der Waals surface area contributed by atoms with Gasteiger partial charge in [0.2, 0.25) is 5.91 Å². The van der Waals surface area contributed by atoms with Crippen LogP contribution < -0.4 is 5.32 Å². The van der Waals surface area contributed by atoms with Crippen LogP contribution in [0.15, 0.2) is 24.3 Å². The maximum absolute atomic E-state index is 12.4. The summed E-state index contributed by atoms with van der Waals surface area (Å²) in [5.74, 6) is -0.137. The lowest BCUT2D eigenvalue weighted by atomic mass is 10.2. The minimum absolute atomic E-state index is 0.0216. The summed E-state index contributed by atoms with van der Waals surface area (Å²) in [6, 6.07) is 7.14. The Bertz CT molecular complexity index is 621. The number of nitrogens with zero attached hydrogens (tertiary/aromatic N) is 2. The van der Waals surface area contributed by atoms with Crippen LogP contribution in [0.2, 0.25) is 5.02 Å². The van der Waals surface area contributed by atoms with Gasteiger partial charge in [-0.3, -0.25) is 14.5 Å². The molecule has 1 N–H and O–H groups in total. The standard InChI is InChI=1S/C19H28ClN3O4/c1-3-26-12-13-27-15(2)19(25)23-10-8-22(9-11-23)14-18(24)21-17-7-5-4-6-16(17)20/h4-7,15H,3,8-14H2,1-2H3,(H,21,24). The number of carbonyl (C=O) groups is 2. The average Bonchev–Trinajstić information content (AvgIpc) is 2.67. The topological polar surface area (TPSA) is 71.1 Å². The molecule has 0 bridgehead atoms. The van der Waals surface area contributed by atoms with E-state index in [9.17, 15) is 9.59 Å². The van der Waals surface area contributed by atoms with E-state index in [2.05, 4.69) is 5.32 Å². The highest BCUT2D eigenvalue weighted by atomic mass is 35.5. The number of benzene rings is 1. The van der Waals surface area contributed by atoms with E-state index < -0.39 is 6.10 Å². The highest BCUT2D eigenvalue weighted by molar-refractivity contribution is 6.33. The molecule has 0 radical (unpaired) electrons. The second-order valence-corrected chi connectivity index (χ2v) is 6.75. The molecule has 1 heterocycles. The van der Waals surface area contributed by atoms with Crippen LogP contribution >= 0.6 is 11.6 Å². The van der Waals surface area contributed by atoms with Crippen molar-refractivity contribution < 1.29 is 19.1 Å². The van der Waals surface area contributed by atoms with Gasteiger partial charge in [-0.2, -0.15) is 0 Å². The maximum atomic E-state index is 12.4. The predicted octanol–water partition coefficient (Wildman–Crippen LogP) is 1.86. The fraction of sp³-hybridized carbons (Fsp3) is 0.579. The molecule has 1 unspecified atom stereocenters. The summed E-state index contributed by atoms with van der Waals surface area (Å²) < 4.78 is 10.7. The van der Waals surface area contributed by atoms with Gasteiger partial charge in [-0.05, 0) is 26.0 Å². The lowest BCUT2D eigenvalue weighted by molar-refractivity contribution is -0.145. The molecule has 8 heteroatoms. The van der Waals surface area contributed by atoms with Gasteiger partial charge in [-0.1, -0.05) is 23.7 Å². The van der Waals surface area contributed by atoms with Crippen LogP contribution in [-0.4, -0.2) is 80.3 Å². The third kappa shape index (κ3) is 7.10. The van der Waals surface area contributed by atoms with Crippen LogP contribution in [-0.2, 0) is 19.1 Å². The first-order valence-electron chi connectivity index (χ1n) is 9.26. The number of halogens is 1. The van der Waals surface area contributed by atoms with Gasteiger partial charge in [-0.25, -0.2) is 0 Å². The summed E-state index contributed by atoms with van der Waals surface area (Å²) in [6.45, 7) is 7.94. The van der Waals surface area contributed by atoms with Crippen LogP contribution in [0, 0.1) is 0 Å². The minimum atomic E-state index is -0.486. The normalized spacial score (nSPS) is 16.2. The lowest BCUT2D eigenvalue weighted by Crippen LogP contribution is -2.52. The van der Waals surface area contributed by atoms with Crippen molar-refractivity contribution in [1.82, 2.24) is 9.80 Å². The third-order valence-corrected chi connectivity index (χ3v) is 4.68. The van der Waals surface area contributed by atoms with E-state index in [1.165, 1.54) is 0 Å². The zero-order chi connectivity index (χ0) is 19.6. The van der Waals surface area contributed by atoms with Gasteiger partial charge in [0, 0.05) is 32.8 Å². The molecular formula is C19H28ClN3O4. The molecular weight excluding hydrogens is 370 g/mol. The Balaban J connectivity index is 1.70. The van der Waals surface area contributed by atoms with Crippen molar-refractivity contribution >= 4 is 29.1 Å². The highest BCUT2D eigenvalue weighted by Crippen LogP contribution is 2.20. The molecule has 1 aliphatic rings. The van der Waals surface area contributed by atoms with E-state index in [-0.39, 0.29) is 18.4 Å². The first-order valence-corrected chi connectivity index (χ1v) is 9.64. The quantitative estimate of drug-likeness (QED) is 0.644. The SMILES string of the molecule is CCOCCOC(C)C(=O)N1CCN(CC(=O)Nc2ccccc2Cl)CC1. The number of piperazine rings is 1. The smallest absolute Gasteiger partial charge is 0.251 e. The number of para-hydroxylation sites is 1. The number of rotatable bonds is 9. The van der Waals surface area contributed by atoms with Crippen LogP contribution in [0.3, 0.4) is 0 Å². The molecule has 1 atom stereocenters. The van der Waals surface area contributed by atoms with Crippen LogP contribution in [0.1, 0.15) is 13.8 Å². The number of hydrogen-bond acceptors (Lipinski definition) is 5.